The van der Waals surface area contributed by atoms with E-state index in [1.165, 1.54) is 0 Å². The van der Waals surface area contributed by atoms with Crippen molar-refractivity contribution in [3.8, 4) is 0 Å². The predicted molar refractivity (Wildman–Crippen MR) is 68.3 cm³/mol. The first kappa shape index (κ1) is 13.1. The summed E-state index contributed by atoms with van der Waals surface area (Å²) in [6.45, 7) is 2.12. The van der Waals surface area contributed by atoms with Gasteiger partial charge in [-0.05, 0) is 32.1 Å². The molecular weight excluding hydrogens is 230 g/mol. The molecule has 1 saturated carbocycles. The quantitative estimate of drug-likeness (QED) is 0.854. The van der Waals surface area contributed by atoms with Crippen LogP contribution in [0.5, 0.6) is 0 Å². The predicted octanol–water partition coefficient (Wildman–Crippen LogP) is 1.73. The summed E-state index contributed by atoms with van der Waals surface area (Å²) in [6.07, 6.45) is 8.61. The molecule has 2 unspecified atom stereocenters. The van der Waals surface area contributed by atoms with Crippen molar-refractivity contribution in [2.75, 3.05) is 0 Å². The average molecular weight is 251 g/mol. The largest absolute Gasteiger partial charge is 0.480 e. The number of aliphatic carboxylic acids is 1. The van der Waals surface area contributed by atoms with Gasteiger partial charge in [0.1, 0.15) is 11.4 Å². The summed E-state index contributed by atoms with van der Waals surface area (Å²) in [5.74, 6) is 0.154. The van der Waals surface area contributed by atoms with Gasteiger partial charge >= 0.3 is 5.97 Å². The smallest absolute Gasteiger partial charge is 0.323 e. The third-order valence-corrected chi connectivity index (χ3v) is 3.80. The first-order chi connectivity index (χ1) is 8.57. The molecule has 1 aromatic heterocycles. The van der Waals surface area contributed by atoms with Gasteiger partial charge in [-0.3, -0.25) is 4.79 Å². The summed E-state index contributed by atoms with van der Waals surface area (Å²) in [4.78, 5) is 15.6. The Morgan fingerprint density at radius 2 is 2.50 bits per heavy atom. The molecule has 0 aromatic carbocycles. The van der Waals surface area contributed by atoms with Crippen molar-refractivity contribution in [3.05, 3.63) is 18.2 Å². The molecule has 2 atom stereocenters. The van der Waals surface area contributed by atoms with E-state index in [-0.39, 0.29) is 6.04 Å². The van der Waals surface area contributed by atoms with Crippen LogP contribution in [0.3, 0.4) is 0 Å². The molecule has 0 spiro atoms. The first-order valence-electron chi connectivity index (χ1n) is 6.61. The van der Waals surface area contributed by atoms with Crippen LogP contribution in [-0.4, -0.2) is 26.2 Å². The number of nitrogens with zero attached hydrogens (tertiary/aromatic N) is 2. The van der Waals surface area contributed by atoms with E-state index in [4.69, 9.17) is 5.73 Å². The van der Waals surface area contributed by atoms with Crippen molar-refractivity contribution in [2.45, 2.75) is 57.0 Å². The van der Waals surface area contributed by atoms with Crippen LogP contribution in [0.2, 0.25) is 0 Å². The van der Waals surface area contributed by atoms with Crippen LogP contribution in [0, 0.1) is 0 Å². The highest BCUT2D eigenvalue weighted by molar-refractivity contribution is 5.78. The number of aromatic nitrogens is 2. The normalized spacial score (nSPS) is 28.2. The van der Waals surface area contributed by atoms with Gasteiger partial charge in [-0.15, -0.1) is 0 Å². The van der Waals surface area contributed by atoms with Gasteiger partial charge in [0, 0.05) is 24.9 Å². The average Bonchev–Trinajstić information content (AvgIpc) is 2.78. The van der Waals surface area contributed by atoms with Crippen molar-refractivity contribution in [1.82, 2.24) is 9.55 Å². The third-order valence-electron chi connectivity index (χ3n) is 3.80. The minimum atomic E-state index is -1.07. The fourth-order valence-electron chi connectivity index (χ4n) is 2.80. The van der Waals surface area contributed by atoms with Crippen LogP contribution in [-0.2, 0) is 11.2 Å². The van der Waals surface area contributed by atoms with Crippen molar-refractivity contribution >= 4 is 5.97 Å². The van der Waals surface area contributed by atoms with Gasteiger partial charge in [-0.25, -0.2) is 4.98 Å². The molecule has 1 fully saturated rings. The summed E-state index contributed by atoms with van der Waals surface area (Å²) < 4.78 is 2.12. The van der Waals surface area contributed by atoms with Crippen molar-refractivity contribution < 1.29 is 9.90 Å². The Morgan fingerprint density at radius 1 is 1.72 bits per heavy atom. The molecule has 3 N–H and O–H groups in total. The SMILES string of the molecule is CCCc1nccn1C1CCCC(N)(C(=O)O)C1. The number of rotatable bonds is 4. The molecule has 0 bridgehead atoms. The number of imidazole rings is 1. The fraction of sp³-hybridized carbons (Fsp3) is 0.692. The molecule has 0 saturated heterocycles. The number of carboxylic acid groups (broad SMARTS) is 1. The Morgan fingerprint density at radius 3 is 3.17 bits per heavy atom. The lowest BCUT2D eigenvalue weighted by atomic mass is 9.79. The second kappa shape index (κ2) is 5.10. The van der Waals surface area contributed by atoms with Crippen LogP contribution in [0.1, 0.15) is 50.9 Å². The van der Waals surface area contributed by atoms with E-state index >= 15 is 0 Å². The zero-order valence-electron chi connectivity index (χ0n) is 10.8. The molecule has 0 aliphatic heterocycles. The van der Waals surface area contributed by atoms with Crippen LogP contribution >= 0.6 is 0 Å². The fourth-order valence-corrected chi connectivity index (χ4v) is 2.80. The molecule has 5 heteroatoms. The van der Waals surface area contributed by atoms with Gasteiger partial charge in [0.15, 0.2) is 0 Å². The Hall–Kier alpha value is -1.36. The highest BCUT2D eigenvalue weighted by Gasteiger charge is 2.40. The molecule has 5 nitrogen and oxygen atoms in total. The van der Waals surface area contributed by atoms with Crippen molar-refractivity contribution in [2.24, 2.45) is 5.73 Å². The topological polar surface area (TPSA) is 81.1 Å². The second-order valence-corrected chi connectivity index (χ2v) is 5.21. The molecule has 100 valence electrons. The van der Waals surface area contributed by atoms with E-state index in [0.717, 1.165) is 31.5 Å². The van der Waals surface area contributed by atoms with Gasteiger partial charge in [0.25, 0.3) is 0 Å². The molecule has 0 amide bonds. The minimum absolute atomic E-state index is 0.170. The zero-order chi connectivity index (χ0) is 13.2. The highest BCUT2D eigenvalue weighted by atomic mass is 16.4. The second-order valence-electron chi connectivity index (χ2n) is 5.21. The molecule has 0 radical (unpaired) electrons. The Bertz CT molecular complexity index is 430. The monoisotopic (exact) mass is 251 g/mol. The van der Waals surface area contributed by atoms with Crippen LogP contribution < -0.4 is 5.73 Å². The van der Waals surface area contributed by atoms with Crippen molar-refractivity contribution in [1.29, 1.82) is 0 Å². The summed E-state index contributed by atoms with van der Waals surface area (Å²) >= 11 is 0. The Kier molecular flexibility index (Phi) is 3.71. The lowest BCUT2D eigenvalue weighted by molar-refractivity contribution is -0.145. The Balaban J connectivity index is 2.18. The van der Waals surface area contributed by atoms with E-state index in [1.54, 1.807) is 6.20 Å². The summed E-state index contributed by atoms with van der Waals surface area (Å²) in [5, 5.41) is 9.24. The lowest BCUT2D eigenvalue weighted by Crippen LogP contribution is -2.51. The van der Waals surface area contributed by atoms with E-state index in [2.05, 4.69) is 16.5 Å². The lowest BCUT2D eigenvalue weighted by Gasteiger charge is -2.35. The standard InChI is InChI=1S/C13H21N3O2/c1-2-4-11-15-7-8-16(11)10-5-3-6-13(14,9-10)12(17)18/h7-8,10H,2-6,9,14H2,1H3,(H,17,18). The first-order valence-corrected chi connectivity index (χ1v) is 6.61. The number of hydrogen-bond donors (Lipinski definition) is 2. The summed E-state index contributed by atoms with van der Waals surface area (Å²) in [6, 6.07) is 0.170. The molecule has 1 aliphatic rings. The molecule has 18 heavy (non-hydrogen) atoms. The number of aryl methyl sites for hydroxylation is 1. The van der Waals surface area contributed by atoms with Gasteiger partial charge in [0.05, 0.1) is 0 Å². The molecule has 1 aliphatic carbocycles. The molecule has 1 heterocycles. The maximum absolute atomic E-state index is 11.3. The number of hydrogen-bond acceptors (Lipinski definition) is 3. The van der Waals surface area contributed by atoms with Gasteiger partial charge < -0.3 is 15.4 Å². The zero-order valence-corrected chi connectivity index (χ0v) is 10.8. The third kappa shape index (κ3) is 2.41. The van der Waals surface area contributed by atoms with E-state index in [0.29, 0.717) is 12.8 Å². The minimum Gasteiger partial charge on any atom is -0.480 e. The van der Waals surface area contributed by atoms with Crippen LogP contribution in [0.15, 0.2) is 12.4 Å². The maximum atomic E-state index is 11.3. The van der Waals surface area contributed by atoms with Gasteiger partial charge in [0.2, 0.25) is 0 Å². The van der Waals surface area contributed by atoms with Crippen LogP contribution in [0.25, 0.3) is 0 Å². The van der Waals surface area contributed by atoms with Crippen LogP contribution in [0.4, 0.5) is 0 Å². The van der Waals surface area contributed by atoms with Gasteiger partial charge in [-0.1, -0.05) is 6.92 Å². The van der Waals surface area contributed by atoms with Gasteiger partial charge in [-0.2, -0.15) is 0 Å². The Labute approximate surface area is 107 Å². The summed E-state index contributed by atoms with van der Waals surface area (Å²) in [7, 11) is 0. The number of nitrogens with two attached hydrogens (primary N) is 1. The van der Waals surface area contributed by atoms with Crippen molar-refractivity contribution in [3.63, 3.8) is 0 Å². The number of carbonyl (C=O) groups is 1. The van der Waals surface area contributed by atoms with E-state index in [9.17, 15) is 9.90 Å². The maximum Gasteiger partial charge on any atom is 0.323 e. The van der Waals surface area contributed by atoms with E-state index in [1.807, 2.05) is 6.20 Å². The molecular formula is C13H21N3O2. The summed E-state index contributed by atoms with van der Waals surface area (Å²) in [5.41, 5.74) is 4.92. The number of carboxylic acids is 1. The molecule has 2 rings (SSSR count). The molecule has 1 aromatic rings. The highest BCUT2D eigenvalue weighted by Crippen LogP contribution is 2.34. The van der Waals surface area contributed by atoms with E-state index < -0.39 is 11.5 Å².